The monoisotopic (exact) mass is 1030 g/mol. The van der Waals surface area contributed by atoms with Crippen molar-refractivity contribution in [1.82, 2.24) is 4.57 Å². The van der Waals surface area contributed by atoms with Gasteiger partial charge in [-0.2, -0.15) is 0 Å². The number of hydrogen-bond donors (Lipinski definition) is 0. The molecule has 13 heteroatoms. The number of rotatable bonds is 13. The number of benzene rings is 12. The van der Waals surface area contributed by atoms with Gasteiger partial charge in [-0.05, 0) is 166 Å². The lowest BCUT2D eigenvalue weighted by Gasteiger charge is -2.26. The van der Waals surface area contributed by atoms with Gasteiger partial charge in [-0.3, -0.25) is 30.3 Å². The SMILES string of the molecule is O=[N+]([O-])c1ccc(N(c2ccc(-n3c4ccc(N(c5ccc([N+](=O)[O-])cc5)c5ccc6ccccc6c5)cc4c4cc(N(c5ccc([N+](=O)[O-])cc5)c5ccc6ccccc6c5)ccc43)cc2)c2ccc3ccccc3c2)cc1. The Kier molecular flexibility index (Phi) is 11.7. The van der Waals surface area contributed by atoms with E-state index in [2.05, 4.69) is 171 Å². The number of anilines is 9. The summed E-state index contributed by atoms with van der Waals surface area (Å²) in [6, 6.07) is 83.8. The van der Waals surface area contributed by atoms with Gasteiger partial charge in [-0.25, -0.2) is 0 Å². The van der Waals surface area contributed by atoms with Crippen LogP contribution in [0.4, 0.5) is 68.2 Å². The first-order chi connectivity index (χ1) is 38.6. The lowest BCUT2D eigenvalue weighted by molar-refractivity contribution is -0.385. The number of non-ortho nitro benzene ring substituents is 3. The first-order valence-electron chi connectivity index (χ1n) is 25.4. The average Bonchev–Trinajstić information content (AvgIpc) is 3.98. The lowest BCUT2D eigenvalue weighted by Crippen LogP contribution is -2.10. The van der Waals surface area contributed by atoms with E-state index in [9.17, 15) is 30.3 Å². The average molecular weight is 1030 g/mol. The van der Waals surface area contributed by atoms with Crippen molar-refractivity contribution in [2.24, 2.45) is 0 Å². The van der Waals surface area contributed by atoms with Crippen molar-refractivity contribution in [2.75, 3.05) is 14.7 Å². The molecule has 0 unspecified atom stereocenters. The van der Waals surface area contributed by atoms with E-state index in [0.717, 1.165) is 111 Å². The Morgan fingerprint density at radius 1 is 0.266 bits per heavy atom. The zero-order valence-electron chi connectivity index (χ0n) is 41.9. The minimum absolute atomic E-state index is 0.00325. The van der Waals surface area contributed by atoms with Crippen LogP contribution in [0.15, 0.2) is 261 Å². The molecule has 0 fully saturated rings. The second-order valence-corrected chi connectivity index (χ2v) is 19.2. The zero-order valence-corrected chi connectivity index (χ0v) is 41.9. The summed E-state index contributed by atoms with van der Waals surface area (Å²) in [6.45, 7) is 0. The van der Waals surface area contributed by atoms with Crippen molar-refractivity contribution < 1.29 is 14.8 Å². The first kappa shape index (κ1) is 47.5. The first-order valence-corrected chi connectivity index (χ1v) is 25.4. The topological polar surface area (TPSA) is 144 Å². The molecule has 0 bridgehead atoms. The van der Waals surface area contributed by atoms with E-state index in [1.54, 1.807) is 36.4 Å². The van der Waals surface area contributed by atoms with Crippen LogP contribution in [0.5, 0.6) is 0 Å². The molecule has 79 heavy (non-hydrogen) atoms. The maximum absolute atomic E-state index is 11.9. The minimum Gasteiger partial charge on any atom is -0.310 e. The Morgan fingerprint density at radius 3 is 0.835 bits per heavy atom. The van der Waals surface area contributed by atoms with Crippen molar-refractivity contribution >= 4 is 122 Å². The van der Waals surface area contributed by atoms with Crippen molar-refractivity contribution in [3.63, 3.8) is 0 Å². The van der Waals surface area contributed by atoms with E-state index in [4.69, 9.17) is 0 Å². The normalized spacial score (nSPS) is 11.3. The van der Waals surface area contributed by atoms with Crippen LogP contribution in [0.2, 0.25) is 0 Å². The van der Waals surface area contributed by atoms with Crippen molar-refractivity contribution in [1.29, 1.82) is 0 Å². The summed E-state index contributed by atoms with van der Waals surface area (Å²) in [6.07, 6.45) is 0. The van der Waals surface area contributed by atoms with Crippen LogP contribution >= 0.6 is 0 Å². The minimum atomic E-state index is -0.399. The van der Waals surface area contributed by atoms with Gasteiger partial charge < -0.3 is 19.3 Å². The molecule has 0 spiro atoms. The van der Waals surface area contributed by atoms with Gasteiger partial charge in [0.15, 0.2) is 0 Å². The molecule has 13 nitrogen and oxygen atoms in total. The van der Waals surface area contributed by atoms with Crippen LogP contribution < -0.4 is 14.7 Å². The third-order valence-electron chi connectivity index (χ3n) is 14.5. The summed E-state index contributed by atoms with van der Waals surface area (Å²) >= 11 is 0. The molecule has 13 rings (SSSR count). The van der Waals surface area contributed by atoms with Crippen LogP contribution in [0.3, 0.4) is 0 Å². The summed E-state index contributed by atoms with van der Waals surface area (Å²) in [5.41, 5.74) is 9.90. The largest absolute Gasteiger partial charge is 0.310 e. The van der Waals surface area contributed by atoms with E-state index < -0.39 is 14.8 Å². The summed E-state index contributed by atoms with van der Waals surface area (Å²) in [7, 11) is 0. The van der Waals surface area contributed by atoms with Gasteiger partial charge in [0, 0.05) is 104 Å². The predicted octanol–water partition coefficient (Wildman–Crippen LogP) is 18.4. The molecule has 1 heterocycles. The second-order valence-electron chi connectivity index (χ2n) is 19.2. The predicted molar refractivity (Wildman–Crippen MR) is 317 cm³/mol. The Morgan fingerprint density at radius 2 is 0.519 bits per heavy atom. The Bertz CT molecular complexity index is 4350. The van der Waals surface area contributed by atoms with Gasteiger partial charge in [0.25, 0.3) is 17.1 Å². The van der Waals surface area contributed by atoms with Crippen molar-refractivity contribution in [3.05, 3.63) is 291 Å². The van der Waals surface area contributed by atoms with E-state index in [-0.39, 0.29) is 17.1 Å². The van der Waals surface area contributed by atoms with Crippen molar-refractivity contribution in [2.45, 2.75) is 0 Å². The highest BCUT2D eigenvalue weighted by molar-refractivity contribution is 6.12. The summed E-state index contributed by atoms with van der Waals surface area (Å²) in [4.78, 5) is 40.7. The van der Waals surface area contributed by atoms with Gasteiger partial charge in [-0.1, -0.05) is 91.0 Å². The fourth-order valence-electron chi connectivity index (χ4n) is 10.8. The zero-order chi connectivity index (χ0) is 53.7. The van der Waals surface area contributed by atoms with Crippen molar-refractivity contribution in [3.8, 4) is 5.69 Å². The number of hydrogen-bond acceptors (Lipinski definition) is 9. The van der Waals surface area contributed by atoms with E-state index in [1.165, 1.54) is 36.4 Å². The van der Waals surface area contributed by atoms with Gasteiger partial charge in [0.05, 0.1) is 25.8 Å². The second kappa shape index (κ2) is 19.5. The fourth-order valence-corrected chi connectivity index (χ4v) is 10.8. The number of aromatic nitrogens is 1. The third kappa shape index (κ3) is 8.78. The van der Waals surface area contributed by atoms with Gasteiger partial charge in [0.2, 0.25) is 0 Å². The highest BCUT2D eigenvalue weighted by atomic mass is 16.6. The van der Waals surface area contributed by atoms with Gasteiger partial charge in [-0.15, -0.1) is 0 Å². The number of nitrogens with zero attached hydrogens (tertiary/aromatic N) is 7. The molecule has 378 valence electrons. The summed E-state index contributed by atoms with van der Waals surface area (Å²) in [5.74, 6) is 0. The molecule has 0 atom stereocenters. The molecular weight excluding hydrogens is 987 g/mol. The van der Waals surface area contributed by atoms with E-state index in [1.807, 2.05) is 36.4 Å². The summed E-state index contributed by atoms with van der Waals surface area (Å²) < 4.78 is 2.23. The van der Waals surface area contributed by atoms with Gasteiger partial charge in [0.1, 0.15) is 0 Å². The molecule has 0 amide bonds. The lowest BCUT2D eigenvalue weighted by atomic mass is 10.1. The Balaban J connectivity index is 1.01. The van der Waals surface area contributed by atoms with E-state index in [0.29, 0.717) is 0 Å². The molecule has 0 radical (unpaired) electrons. The fraction of sp³-hybridized carbons (Fsp3) is 0. The molecular formula is C66H43N7O6. The molecule has 0 saturated heterocycles. The quantitative estimate of drug-likeness (QED) is 0.0814. The van der Waals surface area contributed by atoms with Crippen LogP contribution in [-0.4, -0.2) is 19.3 Å². The maximum atomic E-state index is 11.9. The maximum Gasteiger partial charge on any atom is 0.269 e. The highest BCUT2D eigenvalue weighted by Gasteiger charge is 2.23. The molecule has 0 saturated carbocycles. The van der Waals surface area contributed by atoms with Crippen LogP contribution in [-0.2, 0) is 0 Å². The van der Waals surface area contributed by atoms with Gasteiger partial charge >= 0.3 is 0 Å². The molecule has 0 aliphatic heterocycles. The number of fused-ring (bicyclic) bond motifs is 6. The number of nitro benzene ring substituents is 3. The molecule has 1 aromatic heterocycles. The third-order valence-corrected chi connectivity index (χ3v) is 14.5. The van der Waals surface area contributed by atoms with Crippen LogP contribution in [0, 0.1) is 30.3 Å². The standard InChI is InChI=1S/C66H43N7O6/c74-71(75)55-29-23-51(24-30-55)67(58-16-13-44-7-1-4-10-47(44)39-58)50-19-21-54(22-20-50)70-65-37-35-61(68(52-25-31-56(32-26-52)72(76)77)59-17-14-45-8-2-5-11-48(45)40-59)42-63(65)64-43-62(36-38-66(64)70)69(53-27-33-57(34-28-53)73(78)79)60-18-15-46-9-3-6-12-49(46)41-60/h1-43H. The molecule has 0 aliphatic rings. The molecule has 0 aliphatic carbocycles. The smallest absolute Gasteiger partial charge is 0.269 e. The van der Waals surface area contributed by atoms with E-state index >= 15 is 0 Å². The molecule has 12 aromatic carbocycles. The van der Waals surface area contributed by atoms with Crippen LogP contribution in [0.1, 0.15) is 0 Å². The Labute approximate surface area is 451 Å². The Hall–Kier alpha value is -11.2. The number of nitro groups is 3. The molecule has 13 aromatic rings. The summed E-state index contributed by atoms with van der Waals surface area (Å²) in [5, 5.41) is 43.8. The van der Waals surface area contributed by atoms with Crippen LogP contribution in [0.25, 0.3) is 59.8 Å². The molecule has 0 N–H and O–H groups in total. The highest BCUT2D eigenvalue weighted by Crippen LogP contribution is 2.45.